The fourth-order valence-electron chi connectivity index (χ4n) is 2.05. The summed E-state index contributed by atoms with van der Waals surface area (Å²) in [5.74, 6) is 1.99. The zero-order valence-electron chi connectivity index (χ0n) is 12.4. The van der Waals surface area contributed by atoms with Gasteiger partial charge in [-0.15, -0.1) is 11.6 Å². The Labute approximate surface area is 125 Å². The van der Waals surface area contributed by atoms with Gasteiger partial charge in [0.25, 0.3) is 0 Å². The van der Waals surface area contributed by atoms with E-state index in [2.05, 4.69) is 44.8 Å². The first kappa shape index (κ1) is 14.9. The van der Waals surface area contributed by atoms with Gasteiger partial charge in [-0.3, -0.25) is 4.98 Å². The van der Waals surface area contributed by atoms with Crippen molar-refractivity contribution < 1.29 is 4.74 Å². The zero-order valence-corrected chi connectivity index (χ0v) is 13.2. The largest absolute Gasteiger partial charge is 0.455 e. The number of hydrogen-bond acceptors (Lipinski definition) is 2. The molecule has 1 heterocycles. The molecule has 1 aromatic heterocycles. The van der Waals surface area contributed by atoms with Crippen LogP contribution < -0.4 is 4.74 Å². The van der Waals surface area contributed by atoms with Crippen molar-refractivity contribution >= 4 is 11.6 Å². The van der Waals surface area contributed by atoms with Gasteiger partial charge in [-0.2, -0.15) is 0 Å². The third kappa shape index (κ3) is 3.31. The Bertz CT molecular complexity index is 602. The average molecular weight is 290 g/mol. The summed E-state index contributed by atoms with van der Waals surface area (Å²) in [6, 6.07) is 8.13. The minimum absolute atomic E-state index is 0.0185. The lowest BCUT2D eigenvalue weighted by molar-refractivity contribution is 0.450. The number of nitrogens with zero attached hydrogens (tertiary/aromatic N) is 1. The van der Waals surface area contributed by atoms with Crippen LogP contribution in [0.3, 0.4) is 0 Å². The smallest absolute Gasteiger partial charge is 0.150 e. The number of hydrogen-bond donors (Lipinski definition) is 0. The van der Waals surface area contributed by atoms with Gasteiger partial charge in [0.2, 0.25) is 0 Å². The van der Waals surface area contributed by atoms with Crippen LogP contribution in [0.2, 0.25) is 0 Å². The fourth-order valence-corrected chi connectivity index (χ4v) is 2.27. The minimum Gasteiger partial charge on any atom is -0.455 e. The van der Waals surface area contributed by atoms with Crippen LogP contribution in [0.25, 0.3) is 0 Å². The molecular weight excluding hydrogens is 270 g/mol. The summed E-state index contributed by atoms with van der Waals surface area (Å²) in [6.45, 7) is 8.63. The first-order valence-corrected chi connectivity index (χ1v) is 7.23. The van der Waals surface area contributed by atoms with Crippen molar-refractivity contribution in [1.29, 1.82) is 0 Å². The van der Waals surface area contributed by atoms with Crippen LogP contribution in [0.4, 0.5) is 0 Å². The minimum atomic E-state index is 0.0185. The Morgan fingerprint density at radius 1 is 1.15 bits per heavy atom. The Morgan fingerprint density at radius 3 is 2.55 bits per heavy atom. The molecule has 0 radical (unpaired) electrons. The lowest BCUT2D eigenvalue weighted by Crippen LogP contribution is -2.13. The highest BCUT2D eigenvalue weighted by molar-refractivity contribution is 6.17. The van der Waals surface area contributed by atoms with Gasteiger partial charge in [0.1, 0.15) is 11.5 Å². The molecule has 3 heteroatoms. The van der Waals surface area contributed by atoms with Crippen LogP contribution in [0, 0.1) is 6.92 Å². The van der Waals surface area contributed by atoms with Gasteiger partial charge >= 0.3 is 0 Å². The summed E-state index contributed by atoms with van der Waals surface area (Å²) in [5.41, 5.74) is 3.38. The van der Waals surface area contributed by atoms with E-state index < -0.39 is 0 Å². The van der Waals surface area contributed by atoms with E-state index >= 15 is 0 Å². The quantitative estimate of drug-likeness (QED) is 0.723. The van der Waals surface area contributed by atoms with Crippen LogP contribution in [0.1, 0.15) is 37.5 Å². The molecule has 1 aromatic carbocycles. The predicted molar refractivity (Wildman–Crippen MR) is 83.7 cm³/mol. The number of aryl methyl sites for hydroxylation is 1. The summed E-state index contributed by atoms with van der Waals surface area (Å²) in [6.07, 6.45) is 3.44. The molecular formula is C17H20ClNO. The van der Waals surface area contributed by atoms with Crippen molar-refractivity contribution in [1.82, 2.24) is 4.98 Å². The van der Waals surface area contributed by atoms with Crippen LogP contribution in [0.15, 0.2) is 36.7 Å². The van der Waals surface area contributed by atoms with E-state index in [0.717, 1.165) is 17.1 Å². The van der Waals surface area contributed by atoms with E-state index in [1.54, 1.807) is 12.4 Å². The third-order valence-electron chi connectivity index (χ3n) is 3.18. The van der Waals surface area contributed by atoms with Crippen LogP contribution in [0.5, 0.6) is 11.5 Å². The standard InChI is InChI=1S/C17H20ClNO/c1-12-5-6-15(14(9-12)17(2,3)4)20-16-11-19-8-7-13(16)10-18/h5-9,11H,10H2,1-4H3. The van der Waals surface area contributed by atoms with Gasteiger partial charge in [-0.1, -0.05) is 38.5 Å². The second kappa shape index (κ2) is 5.84. The molecule has 2 nitrogen and oxygen atoms in total. The number of ether oxygens (including phenoxy) is 1. The van der Waals surface area contributed by atoms with Crippen molar-refractivity contribution in [3.63, 3.8) is 0 Å². The molecule has 106 valence electrons. The zero-order chi connectivity index (χ0) is 14.8. The molecule has 0 saturated heterocycles. The maximum Gasteiger partial charge on any atom is 0.150 e. The van der Waals surface area contributed by atoms with Crippen LogP contribution in [-0.4, -0.2) is 4.98 Å². The van der Waals surface area contributed by atoms with Gasteiger partial charge in [-0.25, -0.2) is 0 Å². The molecule has 0 atom stereocenters. The van der Waals surface area contributed by atoms with E-state index in [-0.39, 0.29) is 5.41 Å². The van der Waals surface area contributed by atoms with Gasteiger partial charge in [-0.05, 0) is 24.5 Å². The molecule has 2 aromatic rings. The normalized spacial score (nSPS) is 11.4. The van der Waals surface area contributed by atoms with Gasteiger partial charge in [0, 0.05) is 17.3 Å². The van der Waals surface area contributed by atoms with Gasteiger partial charge in [0.05, 0.1) is 12.1 Å². The highest BCUT2D eigenvalue weighted by Crippen LogP contribution is 2.35. The summed E-state index contributed by atoms with van der Waals surface area (Å²) in [5, 5.41) is 0. The van der Waals surface area contributed by atoms with Gasteiger partial charge in [0.15, 0.2) is 0 Å². The van der Waals surface area contributed by atoms with Crippen molar-refractivity contribution in [2.45, 2.75) is 39.0 Å². The second-order valence-corrected chi connectivity index (χ2v) is 6.24. The first-order valence-electron chi connectivity index (χ1n) is 6.69. The maximum absolute atomic E-state index is 6.07. The maximum atomic E-state index is 6.07. The lowest BCUT2D eigenvalue weighted by atomic mass is 9.85. The molecule has 20 heavy (non-hydrogen) atoms. The number of alkyl halides is 1. The monoisotopic (exact) mass is 289 g/mol. The van der Waals surface area contributed by atoms with E-state index in [1.807, 2.05) is 12.1 Å². The van der Waals surface area contributed by atoms with Crippen molar-refractivity contribution in [3.05, 3.63) is 53.3 Å². The molecule has 0 saturated carbocycles. The Balaban J connectivity index is 2.44. The topological polar surface area (TPSA) is 22.1 Å². The predicted octanol–water partition coefficient (Wildman–Crippen LogP) is 5.22. The molecule has 2 rings (SSSR count). The van der Waals surface area contributed by atoms with Crippen molar-refractivity contribution in [2.75, 3.05) is 0 Å². The highest BCUT2D eigenvalue weighted by atomic mass is 35.5. The van der Waals surface area contributed by atoms with Gasteiger partial charge < -0.3 is 4.74 Å². The summed E-state index contributed by atoms with van der Waals surface area (Å²) in [4.78, 5) is 4.12. The number of pyridine rings is 1. The van der Waals surface area contributed by atoms with Crippen LogP contribution >= 0.6 is 11.6 Å². The highest BCUT2D eigenvalue weighted by Gasteiger charge is 2.20. The second-order valence-electron chi connectivity index (χ2n) is 5.97. The number of rotatable bonds is 3. The average Bonchev–Trinajstić information content (AvgIpc) is 2.40. The molecule has 0 unspecified atom stereocenters. The summed E-state index contributed by atoms with van der Waals surface area (Å²) >= 11 is 5.95. The fraction of sp³-hybridized carbons (Fsp3) is 0.353. The molecule has 0 amide bonds. The lowest BCUT2D eigenvalue weighted by Gasteiger charge is -2.23. The Morgan fingerprint density at radius 2 is 1.90 bits per heavy atom. The SMILES string of the molecule is Cc1ccc(Oc2cnccc2CCl)c(C(C)(C)C)c1. The van der Waals surface area contributed by atoms with E-state index in [9.17, 15) is 0 Å². The van der Waals surface area contributed by atoms with Crippen molar-refractivity contribution in [2.24, 2.45) is 0 Å². The van der Waals surface area contributed by atoms with Crippen molar-refractivity contribution in [3.8, 4) is 11.5 Å². The molecule has 0 fully saturated rings. The number of benzene rings is 1. The first-order chi connectivity index (χ1) is 9.41. The number of aromatic nitrogens is 1. The van der Waals surface area contributed by atoms with E-state index in [4.69, 9.17) is 16.3 Å². The van der Waals surface area contributed by atoms with E-state index in [0.29, 0.717) is 5.88 Å². The molecule has 0 aliphatic heterocycles. The molecule has 0 N–H and O–H groups in total. The Kier molecular flexibility index (Phi) is 4.34. The third-order valence-corrected chi connectivity index (χ3v) is 3.46. The molecule has 0 spiro atoms. The number of halogens is 1. The van der Waals surface area contributed by atoms with E-state index in [1.165, 1.54) is 11.1 Å². The molecule has 0 aliphatic rings. The van der Waals surface area contributed by atoms with Crippen LogP contribution in [-0.2, 0) is 11.3 Å². The Hall–Kier alpha value is -1.54. The molecule has 0 bridgehead atoms. The summed E-state index contributed by atoms with van der Waals surface area (Å²) in [7, 11) is 0. The molecule has 0 aliphatic carbocycles. The summed E-state index contributed by atoms with van der Waals surface area (Å²) < 4.78 is 6.07.